The summed E-state index contributed by atoms with van der Waals surface area (Å²) < 4.78 is 1.73. The third kappa shape index (κ3) is 2.06. The summed E-state index contributed by atoms with van der Waals surface area (Å²) in [5.41, 5.74) is 3.36. The second-order valence-electron chi connectivity index (χ2n) is 4.32. The summed E-state index contributed by atoms with van der Waals surface area (Å²) in [5.74, 6) is 0.932. The van der Waals surface area contributed by atoms with Crippen LogP contribution in [0, 0.1) is 5.92 Å². The molecule has 1 heteroatoms. The van der Waals surface area contributed by atoms with Gasteiger partial charge in [-0.2, -0.15) is 0 Å². The van der Waals surface area contributed by atoms with Crippen molar-refractivity contribution in [2.45, 2.75) is 45.4 Å². The zero-order valence-electron chi connectivity index (χ0n) is 8.40. The van der Waals surface area contributed by atoms with Crippen molar-refractivity contribution in [2.75, 3.05) is 0 Å². The summed E-state index contributed by atoms with van der Waals surface area (Å²) >= 11 is 1.65. The standard InChI is InChI=1S/C12H17.Zr/c1-10-6-5-9-12(10)11-7-3-2-4-8-11;/h6,11H,2-5,7-8H2,1H3;. The van der Waals surface area contributed by atoms with E-state index in [0.717, 1.165) is 5.92 Å². The van der Waals surface area contributed by atoms with Crippen molar-refractivity contribution in [3.05, 3.63) is 20.5 Å². The van der Waals surface area contributed by atoms with Crippen molar-refractivity contribution in [1.82, 2.24) is 0 Å². The Labute approximate surface area is 96.3 Å². The van der Waals surface area contributed by atoms with Gasteiger partial charge in [-0.15, -0.1) is 0 Å². The molecule has 0 nitrogen and oxygen atoms in total. The van der Waals surface area contributed by atoms with Gasteiger partial charge in [-0.25, -0.2) is 0 Å². The van der Waals surface area contributed by atoms with E-state index in [1.807, 2.05) is 0 Å². The second-order valence-corrected chi connectivity index (χ2v) is 5.80. The molecule has 0 bridgehead atoms. The Morgan fingerprint density at radius 3 is 2.46 bits per heavy atom. The predicted octanol–water partition coefficient (Wildman–Crippen LogP) is 3.72. The third-order valence-corrected chi connectivity index (χ3v) is 4.54. The fourth-order valence-corrected chi connectivity index (χ4v) is 3.91. The van der Waals surface area contributed by atoms with Gasteiger partial charge in [0, 0.05) is 0 Å². The summed E-state index contributed by atoms with van der Waals surface area (Å²) in [4.78, 5) is 0. The van der Waals surface area contributed by atoms with Crippen molar-refractivity contribution >= 4 is 0 Å². The molecule has 69 valence electrons. The number of hydrogen-bond acceptors (Lipinski definition) is 0. The van der Waals surface area contributed by atoms with Gasteiger partial charge in [-0.1, -0.05) is 0 Å². The predicted molar refractivity (Wildman–Crippen MR) is 52.0 cm³/mol. The summed E-state index contributed by atoms with van der Waals surface area (Å²) in [5, 5.41) is 0. The maximum absolute atomic E-state index is 2.42. The zero-order valence-corrected chi connectivity index (χ0v) is 10.9. The van der Waals surface area contributed by atoms with E-state index >= 15 is 0 Å². The van der Waals surface area contributed by atoms with E-state index in [2.05, 4.69) is 13.0 Å². The van der Waals surface area contributed by atoms with Crippen LogP contribution in [0.3, 0.4) is 0 Å². The summed E-state index contributed by atoms with van der Waals surface area (Å²) in [6.45, 7) is 2.31. The molecule has 0 aromatic carbocycles. The molecule has 1 saturated carbocycles. The first-order valence-electron chi connectivity index (χ1n) is 5.41. The zero-order chi connectivity index (χ0) is 9.26. The van der Waals surface area contributed by atoms with Crippen molar-refractivity contribution in [2.24, 2.45) is 5.92 Å². The Morgan fingerprint density at radius 2 is 1.92 bits per heavy atom. The molecule has 0 heterocycles. The molecule has 13 heavy (non-hydrogen) atoms. The van der Waals surface area contributed by atoms with Gasteiger partial charge >= 0.3 is 96.6 Å². The first kappa shape index (κ1) is 9.90. The molecular weight excluding hydrogens is 235 g/mol. The molecule has 0 amide bonds. The van der Waals surface area contributed by atoms with Gasteiger partial charge in [0.2, 0.25) is 0 Å². The van der Waals surface area contributed by atoms with E-state index in [0.29, 0.717) is 0 Å². The first-order chi connectivity index (χ1) is 6.29. The monoisotopic (exact) mass is 251 g/mol. The van der Waals surface area contributed by atoms with Crippen LogP contribution >= 0.6 is 0 Å². The fourth-order valence-electron chi connectivity index (χ4n) is 2.67. The van der Waals surface area contributed by atoms with E-state index in [1.54, 1.807) is 39.1 Å². The molecule has 0 N–H and O–H groups in total. The summed E-state index contributed by atoms with van der Waals surface area (Å²) in [7, 11) is 0. The molecule has 0 aromatic rings. The van der Waals surface area contributed by atoms with Crippen molar-refractivity contribution in [3.63, 3.8) is 0 Å². The van der Waals surface area contributed by atoms with Gasteiger partial charge in [0.25, 0.3) is 0 Å². The molecule has 2 aliphatic rings. The second kappa shape index (κ2) is 4.26. The minimum atomic E-state index is 0.932. The van der Waals surface area contributed by atoms with Crippen LogP contribution in [0.15, 0.2) is 20.5 Å². The van der Waals surface area contributed by atoms with E-state index in [-0.39, 0.29) is 0 Å². The molecule has 2 rings (SSSR count). The minimum absolute atomic E-state index is 0.932. The summed E-state index contributed by atoms with van der Waals surface area (Å²) in [6.07, 6.45) is 11.0. The Bertz CT molecular complexity index is 254. The Balaban J connectivity index is 2.14. The van der Waals surface area contributed by atoms with Crippen LogP contribution in [-0.2, 0) is 24.7 Å². The van der Waals surface area contributed by atoms with Gasteiger partial charge in [0.15, 0.2) is 0 Å². The Morgan fingerprint density at radius 1 is 1.23 bits per heavy atom. The molecule has 0 aliphatic heterocycles. The Kier molecular flexibility index (Phi) is 3.24. The molecule has 0 spiro atoms. The first-order valence-corrected chi connectivity index (χ1v) is 6.63. The van der Waals surface area contributed by atoms with E-state index in [9.17, 15) is 0 Å². The van der Waals surface area contributed by atoms with Gasteiger partial charge in [-0.05, 0) is 0 Å². The van der Waals surface area contributed by atoms with Crippen LogP contribution in [0.4, 0.5) is 0 Å². The average molecular weight is 252 g/mol. The quantitative estimate of drug-likeness (QED) is 0.667. The maximum atomic E-state index is 2.42. The summed E-state index contributed by atoms with van der Waals surface area (Å²) in [6, 6.07) is 0. The fraction of sp³-hybridized carbons (Fsp3) is 0.667. The van der Waals surface area contributed by atoms with Crippen LogP contribution in [0.5, 0.6) is 0 Å². The number of allylic oxidation sites excluding steroid dienone is 4. The van der Waals surface area contributed by atoms with Crippen LogP contribution in [-0.4, -0.2) is 0 Å². The van der Waals surface area contributed by atoms with Crippen molar-refractivity contribution < 1.29 is 24.7 Å². The molecule has 1 fully saturated rings. The van der Waals surface area contributed by atoms with Gasteiger partial charge in [0.1, 0.15) is 0 Å². The Hall–Kier alpha value is 0.363. The van der Waals surface area contributed by atoms with Crippen LogP contribution < -0.4 is 0 Å². The molecule has 0 unspecified atom stereocenters. The SMILES string of the molecule is CC1=CC[C]([Zr])=C1C1CCCCC1. The average Bonchev–Trinajstić information content (AvgIpc) is 2.48. The normalized spacial score (nSPS) is 25.1. The van der Waals surface area contributed by atoms with E-state index in [4.69, 9.17) is 0 Å². The van der Waals surface area contributed by atoms with Gasteiger partial charge < -0.3 is 0 Å². The molecule has 0 saturated heterocycles. The van der Waals surface area contributed by atoms with Crippen LogP contribution in [0.2, 0.25) is 0 Å². The molecule has 0 radical (unpaired) electrons. The molecule has 0 atom stereocenters. The molecule has 2 aliphatic carbocycles. The molecular formula is C12H17Zr. The van der Waals surface area contributed by atoms with E-state index in [1.165, 1.54) is 38.5 Å². The number of rotatable bonds is 1. The van der Waals surface area contributed by atoms with Crippen molar-refractivity contribution in [1.29, 1.82) is 0 Å². The van der Waals surface area contributed by atoms with Crippen LogP contribution in [0.1, 0.15) is 45.4 Å². The van der Waals surface area contributed by atoms with Crippen molar-refractivity contribution in [3.8, 4) is 0 Å². The van der Waals surface area contributed by atoms with E-state index < -0.39 is 0 Å². The topological polar surface area (TPSA) is 0 Å². The third-order valence-electron chi connectivity index (χ3n) is 3.38. The van der Waals surface area contributed by atoms with Gasteiger partial charge in [-0.3, -0.25) is 0 Å². The number of hydrogen-bond donors (Lipinski definition) is 0. The van der Waals surface area contributed by atoms with Gasteiger partial charge in [0.05, 0.1) is 0 Å². The van der Waals surface area contributed by atoms with Crippen LogP contribution in [0.25, 0.3) is 0 Å². The molecule has 0 aromatic heterocycles.